The molecule has 0 saturated heterocycles. The Bertz CT molecular complexity index is 2400. The van der Waals surface area contributed by atoms with Crippen LogP contribution in [0, 0.1) is 0 Å². The first kappa shape index (κ1) is 27.8. The average molecular weight is 620 g/mol. The minimum atomic E-state index is 0.00144. The second-order valence-electron chi connectivity index (χ2n) is 13.0. The summed E-state index contributed by atoms with van der Waals surface area (Å²) in [5.74, 6) is 0. The van der Waals surface area contributed by atoms with Crippen molar-refractivity contribution in [2.45, 2.75) is 19.3 Å². The summed E-state index contributed by atoms with van der Waals surface area (Å²) in [6.07, 6.45) is 0. The number of hydrogen-bond acceptors (Lipinski definition) is 2. The van der Waals surface area contributed by atoms with Crippen molar-refractivity contribution in [3.05, 3.63) is 175 Å². The average Bonchev–Trinajstić information content (AvgIpc) is 3.62. The molecule has 2 heteroatoms. The topological polar surface area (TPSA) is 3.24 Å². The third-order valence-corrected chi connectivity index (χ3v) is 11.2. The van der Waals surface area contributed by atoms with E-state index in [0.717, 1.165) is 17.1 Å². The van der Waals surface area contributed by atoms with Crippen LogP contribution in [0.4, 0.5) is 17.1 Å². The van der Waals surface area contributed by atoms with Crippen LogP contribution in [-0.4, -0.2) is 0 Å². The van der Waals surface area contributed by atoms with Gasteiger partial charge in [0.2, 0.25) is 0 Å². The molecule has 1 nitrogen and oxygen atoms in total. The van der Waals surface area contributed by atoms with E-state index in [2.05, 4.69) is 183 Å². The first-order valence-corrected chi connectivity index (χ1v) is 17.1. The molecule has 8 aromatic rings. The lowest BCUT2D eigenvalue weighted by Crippen LogP contribution is -2.14. The molecule has 224 valence electrons. The van der Waals surface area contributed by atoms with Gasteiger partial charge < -0.3 is 4.90 Å². The quantitative estimate of drug-likeness (QED) is 0.185. The van der Waals surface area contributed by atoms with Crippen molar-refractivity contribution in [1.29, 1.82) is 0 Å². The van der Waals surface area contributed by atoms with Crippen molar-refractivity contribution in [2.75, 3.05) is 4.90 Å². The van der Waals surface area contributed by atoms with Gasteiger partial charge in [-0.3, -0.25) is 0 Å². The number of para-hydroxylation sites is 1. The molecule has 0 bridgehead atoms. The smallest absolute Gasteiger partial charge is 0.0462 e. The Morgan fingerprint density at radius 3 is 1.68 bits per heavy atom. The largest absolute Gasteiger partial charge is 0.311 e. The van der Waals surface area contributed by atoms with Gasteiger partial charge in [0.05, 0.1) is 0 Å². The molecule has 0 unspecified atom stereocenters. The van der Waals surface area contributed by atoms with Gasteiger partial charge in [-0.1, -0.05) is 141 Å². The normalized spacial score (nSPS) is 13.1. The molecule has 1 heterocycles. The predicted molar refractivity (Wildman–Crippen MR) is 202 cm³/mol. The standard InChI is InChI=1S/C45H33NS/c1-45(2)40-19-10-9-16-39(40)42-41(45)29-28-38-37-18-11-17-36(43(37)47-44(38)42)32-22-26-35(27-23-32)46(33-14-7-4-8-15-33)34-24-20-31(21-25-34)30-12-5-3-6-13-30/h3-29H,1-2H3. The molecule has 1 aliphatic rings. The van der Waals surface area contributed by atoms with Crippen molar-refractivity contribution in [3.8, 4) is 33.4 Å². The van der Waals surface area contributed by atoms with Crippen molar-refractivity contribution < 1.29 is 0 Å². The van der Waals surface area contributed by atoms with Gasteiger partial charge in [0.25, 0.3) is 0 Å². The first-order chi connectivity index (χ1) is 23.1. The SMILES string of the molecule is CC1(C)c2ccccc2-c2c1ccc1c2sc2c(-c3ccc(N(c4ccccc4)c4ccc(-c5ccccc5)cc4)cc3)cccc21. The van der Waals surface area contributed by atoms with Crippen molar-refractivity contribution in [1.82, 2.24) is 0 Å². The fourth-order valence-corrected chi connectivity index (χ4v) is 8.91. The maximum absolute atomic E-state index is 2.37. The number of anilines is 3. The Labute approximate surface area is 280 Å². The number of rotatable bonds is 5. The Balaban J connectivity index is 1.13. The monoisotopic (exact) mass is 619 g/mol. The minimum absolute atomic E-state index is 0.00144. The van der Waals surface area contributed by atoms with E-state index in [4.69, 9.17) is 0 Å². The lowest BCUT2D eigenvalue weighted by atomic mass is 9.82. The van der Waals surface area contributed by atoms with Gasteiger partial charge in [-0.2, -0.15) is 0 Å². The highest BCUT2D eigenvalue weighted by molar-refractivity contribution is 7.27. The van der Waals surface area contributed by atoms with Crippen LogP contribution in [-0.2, 0) is 5.41 Å². The zero-order valence-corrected chi connectivity index (χ0v) is 27.3. The van der Waals surface area contributed by atoms with Crippen LogP contribution in [0.3, 0.4) is 0 Å². The number of nitrogens with zero attached hydrogens (tertiary/aromatic N) is 1. The molecule has 0 aliphatic heterocycles. The summed E-state index contributed by atoms with van der Waals surface area (Å²) >= 11 is 1.95. The fourth-order valence-electron chi connectivity index (χ4n) is 7.52. The maximum atomic E-state index is 2.37. The van der Waals surface area contributed by atoms with E-state index in [1.54, 1.807) is 0 Å². The summed E-state index contributed by atoms with van der Waals surface area (Å²) in [5, 5.41) is 2.69. The van der Waals surface area contributed by atoms with Crippen LogP contribution in [0.1, 0.15) is 25.0 Å². The third-order valence-electron chi connectivity index (χ3n) is 9.89. The summed E-state index contributed by atoms with van der Waals surface area (Å²) in [4.78, 5) is 2.33. The highest BCUT2D eigenvalue weighted by Crippen LogP contribution is 2.54. The molecule has 0 saturated carbocycles. The summed E-state index contributed by atoms with van der Waals surface area (Å²) < 4.78 is 2.75. The van der Waals surface area contributed by atoms with Gasteiger partial charge in [-0.05, 0) is 75.3 Å². The Kier molecular flexibility index (Phi) is 6.41. The van der Waals surface area contributed by atoms with Gasteiger partial charge >= 0.3 is 0 Å². The van der Waals surface area contributed by atoms with Crippen molar-refractivity contribution >= 4 is 48.6 Å². The third kappa shape index (κ3) is 4.44. The predicted octanol–water partition coefficient (Wildman–Crippen LogP) is 13.2. The molecule has 0 amide bonds. The van der Waals surface area contributed by atoms with E-state index in [1.165, 1.54) is 64.7 Å². The van der Waals surface area contributed by atoms with Gasteiger partial charge in [-0.25, -0.2) is 0 Å². The molecular weight excluding hydrogens is 587 g/mol. The van der Waals surface area contributed by atoms with Crippen LogP contribution in [0.15, 0.2) is 164 Å². The van der Waals surface area contributed by atoms with Crippen LogP contribution in [0.2, 0.25) is 0 Å². The molecule has 0 N–H and O–H groups in total. The molecule has 1 aromatic heterocycles. The Hall–Kier alpha value is -5.44. The fraction of sp³-hybridized carbons (Fsp3) is 0.0667. The molecule has 0 spiro atoms. The summed E-state index contributed by atoms with van der Waals surface area (Å²) in [5.41, 5.74) is 14.0. The number of thiophene rings is 1. The second-order valence-corrected chi connectivity index (χ2v) is 14.0. The van der Waals surface area contributed by atoms with Gasteiger partial charge in [0.15, 0.2) is 0 Å². The van der Waals surface area contributed by atoms with Crippen LogP contribution < -0.4 is 4.90 Å². The van der Waals surface area contributed by atoms with Gasteiger partial charge in [0.1, 0.15) is 0 Å². The van der Waals surface area contributed by atoms with Crippen LogP contribution in [0.5, 0.6) is 0 Å². The Morgan fingerprint density at radius 1 is 0.404 bits per heavy atom. The Morgan fingerprint density at radius 2 is 0.957 bits per heavy atom. The summed E-state index contributed by atoms with van der Waals surface area (Å²) in [6, 6.07) is 59.6. The maximum Gasteiger partial charge on any atom is 0.0462 e. The van der Waals surface area contributed by atoms with Crippen LogP contribution >= 0.6 is 11.3 Å². The molecule has 7 aromatic carbocycles. The zero-order chi connectivity index (χ0) is 31.5. The first-order valence-electron chi connectivity index (χ1n) is 16.3. The summed E-state index contributed by atoms with van der Waals surface area (Å²) in [7, 11) is 0. The summed E-state index contributed by atoms with van der Waals surface area (Å²) in [6.45, 7) is 4.72. The van der Waals surface area contributed by atoms with E-state index < -0.39 is 0 Å². The van der Waals surface area contributed by atoms with E-state index in [1.807, 2.05) is 11.3 Å². The lowest BCUT2D eigenvalue weighted by Gasteiger charge is -2.26. The second kappa shape index (κ2) is 10.8. The molecule has 0 radical (unpaired) electrons. The van der Waals surface area contributed by atoms with Gasteiger partial charge in [0, 0.05) is 48.2 Å². The molecule has 47 heavy (non-hydrogen) atoms. The van der Waals surface area contributed by atoms with Crippen molar-refractivity contribution in [2.24, 2.45) is 0 Å². The van der Waals surface area contributed by atoms with E-state index in [9.17, 15) is 0 Å². The van der Waals surface area contributed by atoms with E-state index in [0.29, 0.717) is 0 Å². The van der Waals surface area contributed by atoms with E-state index in [-0.39, 0.29) is 5.41 Å². The molecule has 1 aliphatic carbocycles. The zero-order valence-electron chi connectivity index (χ0n) is 26.4. The lowest BCUT2D eigenvalue weighted by molar-refractivity contribution is 0.661. The van der Waals surface area contributed by atoms with Gasteiger partial charge in [-0.15, -0.1) is 11.3 Å². The highest BCUT2D eigenvalue weighted by Gasteiger charge is 2.36. The highest BCUT2D eigenvalue weighted by atomic mass is 32.1. The van der Waals surface area contributed by atoms with E-state index >= 15 is 0 Å². The minimum Gasteiger partial charge on any atom is -0.311 e. The molecule has 0 atom stereocenters. The number of hydrogen-bond donors (Lipinski definition) is 0. The molecular formula is C45H33NS. The number of benzene rings is 7. The van der Waals surface area contributed by atoms with Crippen LogP contribution in [0.25, 0.3) is 53.6 Å². The molecule has 0 fully saturated rings. The van der Waals surface area contributed by atoms with Crippen molar-refractivity contribution in [3.63, 3.8) is 0 Å². The number of fused-ring (bicyclic) bond motifs is 7. The molecule has 9 rings (SSSR count).